The van der Waals surface area contributed by atoms with E-state index < -0.39 is 0 Å². The van der Waals surface area contributed by atoms with Crippen molar-refractivity contribution in [2.24, 2.45) is 0 Å². The normalized spacial score (nSPS) is 10.4. The van der Waals surface area contributed by atoms with Gasteiger partial charge in [0.25, 0.3) is 0 Å². The molecule has 0 N–H and O–H groups in total. The van der Waals surface area contributed by atoms with E-state index in [1.807, 2.05) is 13.2 Å². The van der Waals surface area contributed by atoms with Crippen LogP contribution in [0.25, 0.3) is 10.3 Å². The molecule has 2 heterocycles. The summed E-state index contributed by atoms with van der Waals surface area (Å²) in [6.45, 7) is 1.94. The van der Waals surface area contributed by atoms with Crippen molar-refractivity contribution < 1.29 is 0 Å². The SMILES string of the molecule is CSc1nc2ncc(C#N)c(C)c2s1. The number of fused-ring (bicyclic) bond motifs is 1. The Morgan fingerprint density at radius 2 is 2.36 bits per heavy atom. The fourth-order valence-corrected chi connectivity index (χ4v) is 2.69. The van der Waals surface area contributed by atoms with E-state index in [2.05, 4.69) is 16.0 Å². The first-order valence-corrected chi connectivity index (χ1v) is 6.00. The van der Waals surface area contributed by atoms with Gasteiger partial charge in [0.2, 0.25) is 0 Å². The monoisotopic (exact) mass is 221 g/mol. The van der Waals surface area contributed by atoms with Crippen molar-refractivity contribution in [1.82, 2.24) is 9.97 Å². The third kappa shape index (κ3) is 1.37. The summed E-state index contributed by atoms with van der Waals surface area (Å²) in [6, 6.07) is 2.12. The lowest BCUT2D eigenvalue weighted by Gasteiger charge is -1.94. The van der Waals surface area contributed by atoms with E-state index in [0.29, 0.717) is 5.56 Å². The van der Waals surface area contributed by atoms with Gasteiger partial charge in [-0.1, -0.05) is 11.8 Å². The molecule has 0 aromatic carbocycles. The van der Waals surface area contributed by atoms with Gasteiger partial charge in [0.15, 0.2) is 9.99 Å². The van der Waals surface area contributed by atoms with Crippen LogP contribution in [0.15, 0.2) is 10.5 Å². The van der Waals surface area contributed by atoms with Gasteiger partial charge in [-0.3, -0.25) is 0 Å². The first kappa shape index (κ1) is 9.44. The zero-order valence-electron chi connectivity index (χ0n) is 7.74. The molecular weight excluding hydrogens is 214 g/mol. The summed E-state index contributed by atoms with van der Waals surface area (Å²) in [7, 11) is 0. The van der Waals surface area contributed by atoms with Gasteiger partial charge in [-0.05, 0) is 18.7 Å². The van der Waals surface area contributed by atoms with Crippen molar-refractivity contribution >= 4 is 33.4 Å². The number of nitrogens with zero attached hydrogens (tertiary/aromatic N) is 3. The summed E-state index contributed by atoms with van der Waals surface area (Å²) >= 11 is 3.19. The molecule has 3 nitrogen and oxygen atoms in total. The maximum Gasteiger partial charge on any atom is 0.171 e. The largest absolute Gasteiger partial charge is 0.234 e. The topological polar surface area (TPSA) is 49.6 Å². The van der Waals surface area contributed by atoms with E-state index in [0.717, 1.165) is 20.3 Å². The predicted molar refractivity (Wildman–Crippen MR) is 58.6 cm³/mol. The number of rotatable bonds is 1. The van der Waals surface area contributed by atoms with E-state index in [1.54, 1.807) is 29.3 Å². The van der Waals surface area contributed by atoms with E-state index >= 15 is 0 Å². The van der Waals surface area contributed by atoms with Crippen LogP contribution in [0.4, 0.5) is 0 Å². The summed E-state index contributed by atoms with van der Waals surface area (Å²) in [4.78, 5) is 8.47. The van der Waals surface area contributed by atoms with Gasteiger partial charge >= 0.3 is 0 Å². The Labute approximate surface area is 89.8 Å². The standard InChI is InChI=1S/C9H7N3S2/c1-5-6(3-10)4-11-8-7(5)14-9(12-8)13-2/h4H,1-2H3. The number of thioether (sulfide) groups is 1. The summed E-state index contributed by atoms with van der Waals surface area (Å²) in [5, 5.41) is 8.83. The highest BCUT2D eigenvalue weighted by Crippen LogP contribution is 2.30. The molecule has 70 valence electrons. The average Bonchev–Trinajstić information content (AvgIpc) is 2.62. The predicted octanol–water partition coefficient (Wildman–Crippen LogP) is 2.59. The Hall–Kier alpha value is -1.12. The Kier molecular flexibility index (Phi) is 2.40. The zero-order valence-corrected chi connectivity index (χ0v) is 9.37. The molecule has 0 amide bonds. The highest BCUT2D eigenvalue weighted by molar-refractivity contribution is 8.00. The summed E-state index contributed by atoms with van der Waals surface area (Å²) in [5.41, 5.74) is 2.36. The highest BCUT2D eigenvalue weighted by Gasteiger charge is 2.09. The highest BCUT2D eigenvalue weighted by atomic mass is 32.2. The number of nitriles is 1. The average molecular weight is 221 g/mol. The van der Waals surface area contributed by atoms with Crippen molar-refractivity contribution in [3.63, 3.8) is 0 Å². The Balaban J connectivity index is 2.76. The first-order chi connectivity index (χ1) is 6.76. The molecule has 2 aromatic rings. The number of aromatic nitrogens is 2. The number of hydrogen-bond acceptors (Lipinski definition) is 5. The van der Waals surface area contributed by atoms with Crippen LogP contribution < -0.4 is 0 Å². The van der Waals surface area contributed by atoms with Crippen molar-refractivity contribution in [3.8, 4) is 6.07 Å². The lowest BCUT2D eigenvalue weighted by Crippen LogP contribution is -1.85. The Bertz CT molecular complexity index is 525. The van der Waals surface area contributed by atoms with Gasteiger partial charge in [0.05, 0.1) is 10.3 Å². The van der Waals surface area contributed by atoms with E-state index in [4.69, 9.17) is 5.26 Å². The number of pyridine rings is 1. The van der Waals surface area contributed by atoms with Crippen LogP contribution in [0.2, 0.25) is 0 Å². The van der Waals surface area contributed by atoms with Gasteiger partial charge in [0.1, 0.15) is 6.07 Å². The molecule has 0 bridgehead atoms. The Morgan fingerprint density at radius 3 is 3.00 bits per heavy atom. The van der Waals surface area contributed by atoms with Crippen LogP contribution in [-0.4, -0.2) is 16.2 Å². The molecule has 0 radical (unpaired) electrons. The van der Waals surface area contributed by atoms with Gasteiger partial charge < -0.3 is 0 Å². The molecule has 14 heavy (non-hydrogen) atoms. The van der Waals surface area contributed by atoms with Gasteiger partial charge in [0, 0.05) is 6.20 Å². The lowest BCUT2D eigenvalue weighted by molar-refractivity contribution is 1.22. The van der Waals surface area contributed by atoms with Crippen LogP contribution >= 0.6 is 23.1 Å². The lowest BCUT2D eigenvalue weighted by atomic mass is 10.2. The molecule has 0 aliphatic heterocycles. The minimum absolute atomic E-state index is 0.633. The van der Waals surface area contributed by atoms with Crippen molar-refractivity contribution in [3.05, 3.63) is 17.3 Å². The second kappa shape index (κ2) is 3.56. The maximum absolute atomic E-state index is 8.83. The van der Waals surface area contributed by atoms with Crippen LogP contribution in [0.5, 0.6) is 0 Å². The van der Waals surface area contributed by atoms with Crippen LogP contribution in [0, 0.1) is 18.3 Å². The summed E-state index contributed by atoms with van der Waals surface area (Å²) < 4.78 is 2.01. The molecule has 0 aliphatic rings. The van der Waals surface area contributed by atoms with E-state index in [-0.39, 0.29) is 0 Å². The summed E-state index contributed by atoms with van der Waals surface area (Å²) in [5.74, 6) is 0. The molecule has 2 aromatic heterocycles. The zero-order chi connectivity index (χ0) is 10.1. The number of hydrogen-bond donors (Lipinski definition) is 0. The van der Waals surface area contributed by atoms with Crippen LogP contribution in [0.3, 0.4) is 0 Å². The molecular formula is C9H7N3S2. The molecule has 0 unspecified atom stereocenters. The summed E-state index contributed by atoms with van der Waals surface area (Å²) in [6.07, 6.45) is 3.57. The molecule has 5 heteroatoms. The molecule has 0 aliphatic carbocycles. The molecule has 0 saturated carbocycles. The van der Waals surface area contributed by atoms with Crippen molar-refractivity contribution in [2.75, 3.05) is 6.26 Å². The molecule has 2 rings (SSSR count). The van der Waals surface area contributed by atoms with Crippen molar-refractivity contribution in [1.29, 1.82) is 5.26 Å². The van der Waals surface area contributed by atoms with Crippen LogP contribution in [-0.2, 0) is 0 Å². The third-order valence-electron chi connectivity index (χ3n) is 1.95. The number of aryl methyl sites for hydroxylation is 1. The second-order valence-electron chi connectivity index (χ2n) is 2.75. The van der Waals surface area contributed by atoms with Crippen LogP contribution in [0.1, 0.15) is 11.1 Å². The Morgan fingerprint density at radius 1 is 1.57 bits per heavy atom. The van der Waals surface area contributed by atoms with Gasteiger partial charge in [-0.25, -0.2) is 9.97 Å². The smallest absolute Gasteiger partial charge is 0.171 e. The molecule has 0 spiro atoms. The molecule has 0 saturated heterocycles. The van der Waals surface area contributed by atoms with E-state index in [9.17, 15) is 0 Å². The van der Waals surface area contributed by atoms with E-state index in [1.165, 1.54) is 0 Å². The third-order valence-corrected chi connectivity index (χ3v) is 4.09. The minimum atomic E-state index is 0.633. The van der Waals surface area contributed by atoms with Gasteiger partial charge in [-0.15, -0.1) is 11.3 Å². The minimum Gasteiger partial charge on any atom is -0.234 e. The quantitative estimate of drug-likeness (QED) is 0.694. The molecule has 0 fully saturated rings. The van der Waals surface area contributed by atoms with Gasteiger partial charge in [-0.2, -0.15) is 5.26 Å². The molecule has 0 atom stereocenters. The fourth-order valence-electron chi connectivity index (χ4n) is 1.17. The first-order valence-electron chi connectivity index (χ1n) is 3.96. The second-order valence-corrected chi connectivity index (χ2v) is 4.80. The van der Waals surface area contributed by atoms with Crippen molar-refractivity contribution in [2.45, 2.75) is 11.3 Å². The number of thiazole rings is 1. The maximum atomic E-state index is 8.83. The fraction of sp³-hybridized carbons (Fsp3) is 0.222.